The van der Waals surface area contributed by atoms with Crippen molar-refractivity contribution in [1.29, 1.82) is 0 Å². The lowest BCUT2D eigenvalue weighted by atomic mass is 10.3. The molecular weight excluding hydrogens is 358 g/mol. The fourth-order valence-electron chi connectivity index (χ4n) is 2.20. The van der Waals surface area contributed by atoms with Crippen molar-refractivity contribution in [3.63, 3.8) is 0 Å². The quantitative estimate of drug-likeness (QED) is 0.736. The fraction of sp³-hybridized carbons (Fsp3) is 0.294. The monoisotopic (exact) mass is 379 g/mol. The topological polar surface area (TPSA) is 97.8 Å². The van der Waals surface area contributed by atoms with Crippen LogP contribution in [0.4, 0.5) is 0 Å². The maximum absolute atomic E-state index is 12.7. The van der Waals surface area contributed by atoms with Crippen molar-refractivity contribution in [3.05, 3.63) is 48.3 Å². The van der Waals surface area contributed by atoms with Gasteiger partial charge in [-0.25, -0.2) is 8.42 Å². The molecule has 9 heteroatoms. The molecule has 1 aromatic heterocycles. The van der Waals surface area contributed by atoms with Crippen LogP contribution in [-0.4, -0.2) is 51.4 Å². The van der Waals surface area contributed by atoms with Crippen molar-refractivity contribution < 1.29 is 22.7 Å². The van der Waals surface area contributed by atoms with Gasteiger partial charge in [-0.2, -0.15) is 4.31 Å². The van der Waals surface area contributed by atoms with E-state index in [1.165, 1.54) is 39.5 Å². The number of sulfonamides is 1. The second-order valence-electron chi connectivity index (χ2n) is 5.41. The Bertz CT molecular complexity index is 856. The van der Waals surface area contributed by atoms with Gasteiger partial charge in [-0.3, -0.25) is 9.78 Å². The minimum absolute atomic E-state index is 0.0135. The summed E-state index contributed by atoms with van der Waals surface area (Å²) in [6, 6.07) is 7.80. The van der Waals surface area contributed by atoms with Crippen molar-refractivity contribution in [2.75, 3.05) is 27.8 Å². The first kappa shape index (κ1) is 19.7. The molecule has 8 nitrogen and oxygen atoms in total. The van der Waals surface area contributed by atoms with E-state index in [0.717, 1.165) is 9.87 Å². The van der Waals surface area contributed by atoms with Gasteiger partial charge in [0.15, 0.2) is 11.5 Å². The number of nitrogens with zero attached hydrogens (tertiary/aromatic N) is 2. The molecule has 0 aliphatic rings. The molecule has 0 radical (unpaired) electrons. The number of aromatic nitrogens is 1. The van der Waals surface area contributed by atoms with Gasteiger partial charge in [0.2, 0.25) is 15.9 Å². The van der Waals surface area contributed by atoms with Gasteiger partial charge < -0.3 is 14.8 Å². The number of hydrogen-bond acceptors (Lipinski definition) is 6. The van der Waals surface area contributed by atoms with E-state index in [4.69, 9.17) is 9.47 Å². The summed E-state index contributed by atoms with van der Waals surface area (Å²) in [5.74, 6) is 0.307. The van der Waals surface area contributed by atoms with Gasteiger partial charge in [0.05, 0.1) is 25.7 Å². The Morgan fingerprint density at radius 3 is 2.38 bits per heavy atom. The Morgan fingerprint density at radius 1 is 1.12 bits per heavy atom. The number of carbonyl (C=O) groups is 1. The van der Waals surface area contributed by atoms with Crippen LogP contribution in [-0.2, 0) is 21.4 Å². The second kappa shape index (κ2) is 8.63. The van der Waals surface area contributed by atoms with Gasteiger partial charge in [0, 0.05) is 32.1 Å². The summed E-state index contributed by atoms with van der Waals surface area (Å²) < 4.78 is 36.5. The Labute approximate surface area is 152 Å². The fourth-order valence-corrected chi connectivity index (χ4v) is 3.34. The molecule has 0 saturated carbocycles. The molecule has 2 rings (SSSR count). The van der Waals surface area contributed by atoms with Crippen LogP contribution in [0.15, 0.2) is 47.6 Å². The lowest BCUT2D eigenvalue weighted by molar-refractivity contribution is -0.121. The summed E-state index contributed by atoms with van der Waals surface area (Å²) >= 11 is 0. The van der Waals surface area contributed by atoms with Crippen LogP contribution in [0, 0.1) is 0 Å². The van der Waals surface area contributed by atoms with Crippen LogP contribution in [0.25, 0.3) is 0 Å². The minimum atomic E-state index is -3.85. The van der Waals surface area contributed by atoms with E-state index < -0.39 is 15.9 Å². The van der Waals surface area contributed by atoms with Crippen LogP contribution in [0.5, 0.6) is 11.5 Å². The molecule has 0 fully saturated rings. The average molecular weight is 379 g/mol. The molecule has 1 amide bonds. The molecule has 0 aliphatic heterocycles. The van der Waals surface area contributed by atoms with E-state index in [1.807, 2.05) is 0 Å². The molecule has 0 spiro atoms. The number of methoxy groups -OCH3 is 2. The molecule has 1 aromatic carbocycles. The van der Waals surface area contributed by atoms with Gasteiger partial charge >= 0.3 is 0 Å². The van der Waals surface area contributed by atoms with Crippen LogP contribution in [0.3, 0.4) is 0 Å². The predicted octanol–water partition coefficient (Wildman–Crippen LogP) is 1.04. The number of pyridine rings is 1. The molecule has 1 heterocycles. The zero-order valence-electron chi connectivity index (χ0n) is 14.8. The lowest BCUT2D eigenvalue weighted by Crippen LogP contribution is -2.38. The van der Waals surface area contributed by atoms with Gasteiger partial charge in [0.1, 0.15) is 0 Å². The Kier molecular flexibility index (Phi) is 6.53. The summed E-state index contributed by atoms with van der Waals surface area (Å²) in [4.78, 5) is 16.0. The van der Waals surface area contributed by atoms with Crippen molar-refractivity contribution in [2.24, 2.45) is 0 Å². The number of hydrogen-bond donors (Lipinski definition) is 1. The largest absolute Gasteiger partial charge is 0.493 e. The predicted molar refractivity (Wildman–Crippen MR) is 95.4 cm³/mol. The zero-order valence-corrected chi connectivity index (χ0v) is 15.6. The van der Waals surface area contributed by atoms with E-state index in [-0.39, 0.29) is 11.4 Å². The number of benzene rings is 1. The minimum Gasteiger partial charge on any atom is -0.493 e. The number of amides is 1. The van der Waals surface area contributed by atoms with E-state index >= 15 is 0 Å². The van der Waals surface area contributed by atoms with Crippen LogP contribution in [0.1, 0.15) is 5.56 Å². The summed E-state index contributed by atoms with van der Waals surface area (Å²) in [5.41, 5.74) is 0.874. The molecule has 0 bridgehead atoms. The molecule has 26 heavy (non-hydrogen) atoms. The highest BCUT2D eigenvalue weighted by molar-refractivity contribution is 7.89. The number of rotatable bonds is 8. The number of likely N-dealkylation sites (N-methyl/N-ethyl adjacent to an activating group) is 1. The Hall–Kier alpha value is -2.65. The standard InChI is InChI=1S/C17H21N3O5S/c1-20(12-17(21)19-11-13-6-8-18-9-7-13)26(22,23)14-4-5-15(24-2)16(10-14)25-3/h4-10H,11-12H2,1-3H3,(H,19,21). The molecule has 1 N–H and O–H groups in total. The molecule has 0 unspecified atom stereocenters. The summed E-state index contributed by atoms with van der Waals surface area (Å²) in [5, 5.41) is 2.68. The number of ether oxygens (including phenoxy) is 2. The third-order valence-electron chi connectivity index (χ3n) is 3.67. The highest BCUT2D eigenvalue weighted by atomic mass is 32.2. The molecule has 140 valence electrons. The Morgan fingerprint density at radius 2 is 1.77 bits per heavy atom. The molecule has 0 atom stereocenters. The van der Waals surface area contributed by atoms with Crippen molar-refractivity contribution in [3.8, 4) is 11.5 Å². The van der Waals surface area contributed by atoms with Gasteiger partial charge in [-0.1, -0.05) is 0 Å². The second-order valence-corrected chi connectivity index (χ2v) is 7.45. The zero-order chi connectivity index (χ0) is 19.2. The summed E-state index contributed by atoms with van der Waals surface area (Å²) in [7, 11) is 0.382. The average Bonchev–Trinajstić information content (AvgIpc) is 2.66. The third kappa shape index (κ3) is 4.70. The SMILES string of the molecule is COc1ccc(S(=O)(=O)N(C)CC(=O)NCc2ccncc2)cc1OC. The van der Waals surface area contributed by atoms with E-state index in [0.29, 0.717) is 18.0 Å². The highest BCUT2D eigenvalue weighted by Gasteiger charge is 2.24. The van der Waals surface area contributed by atoms with E-state index in [1.54, 1.807) is 24.5 Å². The first-order chi connectivity index (χ1) is 12.4. The number of carbonyl (C=O) groups excluding carboxylic acids is 1. The molecule has 0 aliphatic carbocycles. The van der Waals surface area contributed by atoms with Crippen molar-refractivity contribution in [1.82, 2.24) is 14.6 Å². The molecule has 2 aromatic rings. The van der Waals surface area contributed by atoms with Gasteiger partial charge in [-0.05, 0) is 29.8 Å². The first-order valence-electron chi connectivity index (χ1n) is 7.72. The third-order valence-corrected chi connectivity index (χ3v) is 5.47. The van der Waals surface area contributed by atoms with Crippen LogP contribution in [0.2, 0.25) is 0 Å². The van der Waals surface area contributed by atoms with Crippen molar-refractivity contribution >= 4 is 15.9 Å². The van der Waals surface area contributed by atoms with Crippen molar-refractivity contribution in [2.45, 2.75) is 11.4 Å². The number of nitrogens with one attached hydrogen (secondary N) is 1. The molecule has 0 saturated heterocycles. The highest BCUT2D eigenvalue weighted by Crippen LogP contribution is 2.30. The summed E-state index contributed by atoms with van der Waals surface area (Å²) in [6.45, 7) is -0.00659. The maximum Gasteiger partial charge on any atom is 0.243 e. The van der Waals surface area contributed by atoms with Gasteiger partial charge in [-0.15, -0.1) is 0 Å². The van der Waals surface area contributed by atoms with E-state index in [9.17, 15) is 13.2 Å². The smallest absolute Gasteiger partial charge is 0.243 e. The van der Waals surface area contributed by atoms with Crippen LogP contribution < -0.4 is 14.8 Å². The van der Waals surface area contributed by atoms with E-state index in [2.05, 4.69) is 10.3 Å². The lowest BCUT2D eigenvalue weighted by Gasteiger charge is -2.18. The first-order valence-corrected chi connectivity index (χ1v) is 9.16. The maximum atomic E-state index is 12.7. The van der Waals surface area contributed by atoms with Crippen LogP contribution >= 0.6 is 0 Å². The molecular formula is C17H21N3O5S. The van der Waals surface area contributed by atoms with Gasteiger partial charge in [0.25, 0.3) is 0 Å². The summed E-state index contributed by atoms with van der Waals surface area (Å²) in [6.07, 6.45) is 3.24. The normalized spacial score (nSPS) is 11.2. The Balaban J connectivity index is 2.05.